The molecular weight excluding hydrogens is 336 g/mol. The molecule has 5 nitrogen and oxygen atoms in total. The van der Waals surface area contributed by atoms with E-state index in [9.17, 15) is 13.2 Å². The summed E-state index contributed by atoms with van der Waals surface area (Å²) >= 11 is 0. The molecule has 7 heteroatoms. The standard InChI is InChI=1S/C16H26N2O3S.ClH/c1-5-16(6-2,11-17)18-15(19)13-7-9-14(10-8-13)22(20,21)12(3)4;/h7-10,12H,5-6,11,17H2,1-4H3,(H,18,19);1H. The number of sulfone groups is 1. The third-order valence-electron chi connectivity index (χ3n) is 4.19. The third kappa shape index (κ3) is 4.93. The van der Waals surface area contributed by atoms with Crippen molar-refractivity contribution in [3.05, 3.63) is 29.8 Å². The highest BCUT2D eigenvalue weighted by Gasteiger charge is 2.27. The number of benzene rings is 1. The number of carbonyl (C=O) groups is 1. The van der Waals surface area contributed by atoms with E-state index in [1.54, 1.807) is 13.8 Å². The van der Waals surface area contributed by atoms with Gasteiger partial charge in [-0.15, -0.1) is 12.4 Å². The number of hydrogen-bond donors (Lipinski definition) is 2. The first kappa shape index (κ1) is 21.9. The van der Waals surface area contributed by atoms with Gasteiger partial charge in [0.05, 0.1) is 15.7 Å². The molecule has 0 aliphatic rings. The molecule has 0 aromatic heterocycles. The zero-order valence-corrected chi connectivity index (χ0v) is 15.8. The number of nitrogens with one attached hydrogen (secondary N) is 1. The Balaban J connectivity index is 0.00000484. The van der Waals surface area contributed by atoms with Crippen LogP contribution in [0.25, 0.3) is 0 Å². The van der Waals surface area contributed by atoms with E-state index in [-0.39, 0.29) is 23.2 Å². The van der Waals surface area contributed by atoms with Crippen LogP contribution >= 0.6 is 12.4 Å². The van der Waals surface area contributed by atoms with Gasteiger partial charge in [0.1, 0.15) is 0 Å². The molecule has 1 aromatic carbocycles. The SMILES string of the molecule is CCC(CC)(CN)NC(=O)c1ccc(S(=O)(=O)C(C)C)cc1.Cl. The van der Waals surface area contributed by atoms with Crippen LogP contribution in [0.3, 0.4) is 0 Å². The van der Waals surface area contributed by atoms with Gasteiger partial charge in [-0.05, 0) is 51.0 Å². The normalized spacial score (nSPS) is 11.9. The quantitative estimate of drug-likeness (QED) is 0.780. The van der Waals surface area contributed by atoms with Crippen molar-refractivity contribution in [3.8, 4) is 0 Å². The minimum Gasteiger partial charge on any atom is -0.345 e. The largest absolute Gasteiger partial charge is 0.345 e. The van der Waals surface area contributed by atoms with Gasteiger partial charge < -0.3 is 11.1 Å². The molecule has 0 saturated heterocycles. The number of rotatable bonds is 7. The molecule has 132 valence electrons. The van der Waals surface area contributed by atoms with Gasteiger partial charge in [-0.25, -0.2) is 8.42 Å². The summed E-state index contributed by atoms with van der Waals surface area (Å²) in [4.78, 5) is 12.5. The first-order valence-corrected chi connectivity index (χ1v) is 9.13. The molecule has 0 atom stereocenters. The molecule has 0 aliphatic heterocycles. The third-order valence-corrected chi connectivity index (χ3v) is 6.36. The van der Waals surface area contributed by atoms with E-state index in [4.69, 9.17) is 5.73 Å². The lowest BCUT2D eigenvalue weighted by atomic mass is 9.92. The van der Waals surface area contributed by atoms with Crippen molar-refractivity contribution >= 4 is 28.2 Å². The van der Waals surface area contributed by atoms with E-state index in [0.717, 1.165) is 12.8 Å². The van der Waals surface area contributed by atoms with Crippen LogP contribution in [0.5, 0.6) is 0 Å². The molecule has 1 aromatic rings. The minimum atomic E-state index is -3.32. The Morgan fingerprint density at radius 1 is 1.17 bits per heavy atom. The Kier molecular flexibility index (Phi) is 8.24. The predicted molar refractivity (Wildman–Crippen MR) is 95.8 cm³/mol. The zero-order valence-electron chi connectivity index (χ0n) is 14.1. The predicted octanol–water partition coefficient (Wildman–Crippen LogP) is 2.54. The Morgan fingerprint density at radius 2 is 1.65 bits per heavy atom. The van der Waals surface area contributed by atoms with Gasteiger partial charge in [0.25, 0.3) is 5.91 Å². The van der Waals surface area contributed by atoms with E-state index in [1.165, 1.54) is 24.3 Å². The summed E-state index contributed by atoms with van der Waals surface area (Å²) in [5.41, 5.74) is 5.79. The highest BCUT2D eigenvalue weighted by atomic mass is 35.5. The van der Waals surface area contributed by atoms with Crippen molar-refractivity contribution in [3.63, 3.8) is 0 Å². The molecule has 0 unspecified atom stereocenters. The monoisotopic (exact) mass is 362 g/mol. The summed E-state index contributed by atoms with van der Waals surface area (Å²) in [5.74, 6) is -0.234. The summed E-state index contributed by atoms with van der Waals surface area (Å²) in [5, 5.41) is 2.47. The van der Waals surface area contributed by atoms with Gasteiger partial charge in [0.2, 0.25) is 0 Å². The van der Waals surface area contributed by atoms with Crippen LogP contribution in [0, 0.1) is 0 Å². The zero-order chi connectivity index (χ0) is 17.0. The summed E-state index contributed by atoms with van der Waals surface area (Å²) < 4.78 is 24.1. The highest BCUT2D eigenvalue weighted by molar-refractivity contribution is 7.92. The van der Waals surface area contributed by atoms with Crippen LogP contribution in [-0.4, -0.2) is 31.7 Å². The average molecular weight is 363 g/mol. The van der Waals surface area contributed by atoms with Crippen molar-refractivity contribution in [2.75, 3.05) is 6.54 Å². The summed E-state index contributed by atoms with van der Waals surface area (Å²) in [6.07, 6.45) is 1.48. The number of carbonyl (C=O) groups excluding carboxylic acids is 1. The summed E-state index contributed by atoms with van der Waals surface area (Å²) in [7, 11) is -3.32. The van der Waals surface area contributed by atoms with E-state index < -0.39 is 20.6 Å². The molecule has 0 heterocycles. The molecule has 1 rings (SSSR count). The maximum Gasteiger partial charge on any atom is 0.251 e. The second kappa shape index (κ2) is 8.66. The van der Waals surface area contributed by atoms with Crippen LogP contribution in [0.2, 0.25) is 0 Å². The van der Waals surface area contributed by atoms with Crippen LogP contribution < -0.4 is 11.1 Å². The number of amides is 1. The Hall–Kier alpha value is -1.11. The maximum absolute atomic E-state index is 12.3. The molecule has 0 bridgehead atoms. The fourth-order valence-electron chi connectivity index (χ4n) is 2.15. The lowest BCUT2D eigenvalue weighted by Crippen LogP contribution is -2.52. The van der Waals surface area contributed by atoms with Crippen LogP contribution in [0.15, 0.2) is 29.2 Å². The van der Waals surface area contributed by atoms with Crippen molar-refractivity contribution < 1.29 is 13.2 Å². The summed E-state index contributed by atoms with van der Waals surface area (Å²) in [6, 6.07) is 6.03. The van der Waals surface area contributed by atoms with E-state index in [1.807, 2.05) is 13.8 Å². The van der Waals surface area contributed by atoms with Gasteiger partial charge in [0.15, 0.2) is 9.84 Å². The average Bonchev–Trinajstić information content (AvgIpc) is 2.52. The second-order valence-electron chi connectivity index (χ2n) is 5.76. The molecule has 1 amide bonds. The molecule has 0 aliphatic carbocycles. The van der Waals surface area contributed by atoms with Gasteiger partial charge >= 0.3 is 0 Å². The van der Waals surface area contributed by atoms with Crippen LogP contribution in [-0.2, 0) is 9.84 Å². The molecule has 0 spiro atoms. The molecule has 3 N–H and O–H groups in total. The van der Waals surface area contributed by atoms with Gasteiger partial charge in [-0.1, -0.05) is 13.8 Å². The molecular formula is C16H27ClN2O3S. The van der Waals surface area contributed by atoms with Crippen molar-refractivity contribution in [2.24, 2.45) is 5.73 Å². The fourth-order valence-corrected chi connectivity index (χ4v) is 3.21. The molecule has 23 heavy (non-hydrogen) atoms. The Bertz CT molecular complexity index is 600. The van der Waals surface area contributed by atoms with Crippen molar-refractivity contribution in [1.82, 2.24) is 5.32 Å². The minimum absolute atomic E-state index is 0. The lowest BCUT2D eigenvalue weighted by molar-refractivity contribution is 0.0895. The highest BCUT2D eigenvalue weighted by Crippen LogP contribution is 2.18. The smallest absolute Gasteiger partial charge is 0.251 e. The van der Waals surface area contributed by atoms with E-state index in [2.05, 4.69) is 5.32 Å². The van der Waals surface area contributed by atoms with Crippen molar-refractivity contribution in [2.45, 2.75) is 56.2 Å². The number of nitrogens with two attached hydrogens (primary N) is 1. The van der Waals surface area contributed by atoms with Gasteiger partial charge in [0, 0.05) is 12.1 Å². The van der Waals surface area contributed by atoms with Crippen LogP contribution in [0.1, 0.15) is 50.9 Å². The summed E-state index contributed by atoms with van der Waals surface area (Å²) in [6.45, 7) is 7.59. The van der Waals surface area contributed by atoms with E-state index in [0.29, 0.717) is 12.1 Å². The second-order valence-corrected chi connectivity index (χ2v) is 8.27. The van der Waals surface area contributed by atoms with Crippen LogP contribution in [0.4, 0.5) is 0 Å². The first-order valence-electron chi connectivity index (χ1n) is 7.59. The van der Waals surface area contributed by atoms with E-state index >= 15 is 0 Å². The molecule has 0 saturated carbocycles. The first-order chi connectivity index (χ1) is 10.2. The van der Waals surface area contributed by atoms with Crippen molar-refractivity contribution in [1.29, 1.82) is 0 Å². The van der Waals surface area contributed by atoms with Gasteiger partial charge in [-0.2, -0.15) is 0 Å². The Labute approximate surface area is 145 Å². The van der Waals surface area contributed by atoms with Gasteiger partial charge in [-0.3, -0.25) is 4.79 Å². The Morgan fingerprint density at radius 3 is 2.00 bits per heavy atom. The lowest BCUT2D eigenvalue weighted by Gasteiger charge is -2.31. The molecule has 0 fully saturated rings. The number of hydrogen-bond acceptors (Lipinski definition) is 4. The number of halogens is 1. The maximum atomic E-state index is 12.3. The topological polar surface area (TPSA) is 89.3 Å². The fraction of sp³-hybridized carbons (Fsp3) is 0.562. The molecule has 0 radical (unpaired) electrons.